The van der Waals surface area contributed by atoms with Gasteiger partial charge in [0, 0.05) is 25.6 Å². The van der Waals surface area contributed by atoms with Gasteiger partial charge < -0.3 is 9.47 Å². The summed E-state index contributed by atoms with van der Waals surface area (Å²) >= 11 is 5.68. The van der Waals surface area contributed by atoms with E-state index in [9.17, 15) is 26.4 Å². The molecule has 13 heteroatoms. The summed E-state index contributed by atoms with van der Waals surface area (Å²) < 4.78 is 94.2. The third kappa shape index (κ3) is 5.73. The summed E-state index contributed by atoms with van der Waals surface area (Å²) in [6.07, 6.45) is -2.04. The normalized spacial score (nSPS) is 22.7. The molecule has 0 radical (unpaired) electrons. The summed E-state index contributed by atoms with van der Waals surface area (Å²) in [4.78, 5) is 17.2. The Hall–Kier alpha value is -2.54. The number of rotatable bonds is 8. The van der Waals surface area contributed by atoms with Crippen molar-refractivity contribution in [1.82, 2.24) is 4.31 Å². The maximum absolute atomic E-state index is 15.1. The maximum atomic E-state index is 15.1. The minimum Gasteiger partial charge on any atom is -0.496 e. The van der Waals surface area contributed by atoms with E-state index in [1.165, 1.54) is 20.4 Å². The molecule has 1 aliphatic carbocycles. The first-order valence-corrected chi connectivity index (χ1v) is 13.3. The molecule has 0 spiro atoms. The van der Waals surface area contributed by atoms with Crippen LogP contribution >= 0.6 is 11.6 Å². The molecule has 1 aliphatic heterocycles. The SMILES string of the molecule is COCN(C1C(C(=O)C2=C(F)CC(C)C=C2OC)=NC=C(C)C1C)S(=O)(=O)c1ccc(Cl)c(C(F)(F)F)c1. The van der Waals surface area contributed by atoms with Crippen molar-refractivity contribution >= 4 is 33.1 Å². The number of hydrogen-bond acceptors (Lipinski definition) is 6. The second-order valence-electron chi connectivity index (χ2n) is 9.10. The first-order chi connectivity index (χ1) is 17.6. The van der Waals surface area contributed by atoms with E-state index in [0.29, 0.717) is 11.6 Å². The van der Waals surface area contributed by atoms with Gasteiger partial charge in [0.2, 0.25) is 15.8 Å². The predicted molar refractivity (Wildman–Crippen MR) is 134 cm³/mol. The fourth-order valence-corrected chi connectivity index (χ4v) is 6.15. The molecule has 1 heterocycles. The molecule has 3 rings (SSSR count). The van der Waals surface area contributed by atoms with Crippen LogP contribution in [0.5, 0.6) is 0 Å². The quantitative estimate of drug-likeness (QED) is 0.293. The zero-order valence-corrected chi connectivity index (χ0v) is 22.8. The molecule has 208 valence electrons. The van der Waals surface area contributed by atoms with Gasteiger partial charge in [0.05, 0.1) is 34.2 Å². The van der Waals surface area contributed by atoms with Gasteiger partial charge in [-0.15, -0.1) is 0 Å². The second kappa shape index (κ2) is 11.3. The van der Waals surface area contributed by atoms with E-state index >= 15 is 4.39 Å². The largest absolute Gasteiger partial charge is 0.496 e. The fraction of sp³-hybridized carbons (Fsp3) is 0.440. The standard InChI is InChI=1S/C25H27ClF4N2O5S/c1-13-8-19(27)21(20(9-13)37-5)24(33)22-23(15(3)14(2)11-31-22)32(12-36-4)38(34,35)16-6-7-18(26)17(10-16)25(28,29)30/h6-7,9-11,13,15,23H,8,12H2,1-5H3. The van der Waals surface area contributed by atoms with Gasteiger partial charge in [0.25, 0.3) is 0 Å². The Labute approximate surface area is 223 Å². The third-order valence-electron chi connectivity index (χ3n) is 6.43. The molecule has 0 bridgehead atoms. The monoisotopic (exact) mass is 578 g/mol. The van der Waals surface area contributed by atoms with Gasteiger partial charge in [-0.1, -0.05) is 31.0 Å². The Morgan fingerprint density at radius 2 is 1.89 bits per heavy atom. The van der Waals surface area contributed by atoms with Gasteiger partial charge in [-0.05, 0) is 37.1 Å². The molecular weight excluding hydrogens is 552 g/mol. The van der Waals surface area contributed by atoms with E-state index < -0.39 is 62.0 Å². The Bertz CT molecular complexity index is 1350. The third-order valence-corrected chi connectivity index (χ3v) is 8.56. The van der Waals surface area contributed by atoms with Crippen LogP contribution in [0.1, 0.15) is 32.8 Å². The topological polar surface area (TPSA) is 85.3 Å². The van der Waals surface area contributed by atoms with Crippen LogP contribution in [0.4, 0.5) is 17.6 Å². The molecule has 1 aromatic carbocycles. The smallest absolute Gasteiger partial charge is 0.417 e. The number of ketones is 1. The summed E-state index contributed by atoms with van der Waals surface area (Å²) in [6, 6.07) is 0.851. The molecule has 0 saturated heterocycles. The molecular formula is C25H27ClF4N2O5S. The van der Waals surface area contributed by atoms with Crippen LogP contribution in [-0.4, -0.2) is 51.2 Å². The van der Waals surface area contributed by atoms with Crippen LogP contribution in [0.15, 0.2) is 63.1 Å². The summed E-state index contributed by atoms with van der Waals surface area (Å²) in [5.41, 5.74) is -1.45. The summed E-state index contributed by atoms with van der Waals surface area (Å²) in [5, 5.41) is -0.676. The number of alkyl halides is 3. The number of carbonyl (C=O) groups is 1. The van der Waals surface area contributed by atoms with E-state index in [1.54, 1.807) is 26.8 Å². The lowest BCUT2D eigenvalue weighted by Gasteiger charge is -2.37. The lowest BCUT2D eigenvalue weighted by atomic mass is 9.84. The van der Waals surface area contributed by atoms with Gasteiger partial charge in [-0.3, -0.25) is 9.79 Å². The number of sulfonamides is 1. The van der Waals surface area contributed by atoms with Crippen LogP contribution in [0.2, 0.25) is 5.02 Å². The Morgan fingerprint density at radius 3 is 2.47 bits per heavy atom. The Balaban J connectivity index is 2.17. The van der Waals surface area contributed by atoms with E-state index in [-0.39, 0.29) is 29.4 Å². The lowest BCUT2D eigenvalue weighted by molar-refractivity contribution is -0.137. The molecule has 0 aromatic heterocycles. The zero-order valence-electron chi connectivity index (χ0n) is 21.3. The minimum atomic E-state index is -4.92. The van der Waals surface area contributed by atoms with Crippen LogP contribution in [0, 0.1) is 11.8 Å². The number of allylic oxidation sites excluding steroid dienone is 3. The van der Waals surface area contributed by atoms with Gasteiger partial charge in [0.15, 0.2) is 0 Å². The highest BCUT2D eigenvalue weighted by molar-refractivity contribution is 7.89. The second-order valence-corrected chi connectivity index (χ2v) is 11.4. The highest BCUT2D eigenvalue weighted by Gasteiger charge is 2.45. The maximum Gasteiger partial charge on any atom is 0.417 e. The van der Waals surface area contributed by atoms with E-state index in [1.807, 2.05) is 0 Å². The fourth-order valence-electron chi connectivity index (χ4n) is 4.33. The number of aliphatic imine (C=N–C) groups is 1. The van der Waals surface area contributed by atoms with Gasteiger partial charge in [0.1, 0.15) is 24.0 Å². The number of nitrogens with zero attached hydrogens (tertiary/aromatic N) is 2. The van der Waals surface area contributed by atoms with Gasteiger partial charge in [-0.25, -0.2) is 12.8 Å². The highest BCUT2D eigenvalue weighted by atomic mass is 35.5. The molecule has 0 saturated carbocycles. The molecule has 0 amide bonds. The highest BCUT2D eigenvalue weighted by Crippen LogP contribution is 2.38. The van der Waals surface area contributed by atoms with Crippen molar-refractivity contribution in [2.45, 2.75) is 44.3 Å². The van der Waals surface area contributed by atoms with Crippen molar-refractivity contribution in [3.05, 3.63) is 63.8 Å². The molecule has 1 aromatic rings. The van der Waals surface area contributed by atoms with Gasteiger partial charge >= 0.3 is 6.18 Å². The number of ether oxygens (including phenoxy) is 2. The zero-order chi connectivity index (χ0) is 28.6. The number of hydrogen-bond donors (Lipinski definition) is 0. The molecule has 3 atom stereocenters. The lowest BCUT2D eigenvalue weighted by Crippen LogP contribution is -2.53. The van der Waals surface area contributed by atoms with Gasteiger partial charge in [-0.2, -0.15) is 17.5 Å². The molecule has 7 nitrogen and oxygen atoms in total. The minimum absolute atomic E-state index is 0.0136. The van der Waals surface area contributed by atoms with Crippen LogP contribution in [0.25, 0.3) is 0 Å². The van der Waals surface area contributed by atoms with Crippen molar-refractivity contribution in [2.24, 2.45) is 16.8 Å². The average molecular weight is 579 g/mol. The van der Waals surface area contributed by atoms with Crippen molar-refractivity contribution in [1.29, 1.82) is 0 Å². The first kappa shape index (κ1) is 30.0. The molecule has 0 N–H and O–H groups in total. The number of carbonyl (C=O) groups excluding carboxylic acids is 1. The van der Waals surface area contributed by atoms with E-state index in [4.69, 9.17) is 21.1 Å². The van der Waals surface area contributed by atoms with Crippen molar-refractivity contribution < 1.29 is 40.2 Å². The number of Topliss-reactive ketones (excluding diaryl/α,β-unsaturated/α-hetero) is 1. The van der Waals surface area contributed by atoms with Crippen molar-refractivity contribution in [3.8, 4) is 0 Å². The first-order valence-electron chi connectivity index (χ1n) is 11.5. The summed E-state index contributed by atoms with van der Waals surface area (Å²) in [7, 11) is -2.26. The molecule has 0 fully saturated rings. The Kier molecular flexibility index (Phi) is 8.91. The van der Waals surface area contributed by atoms with Crippen molar-refractivity contribution in [2.75, 3.05) is 21.0 Å². The molecule has 38 heavy (non-hydrogen) atoms. The average Bonchev–Trinajstić information content (AvgIpc) is 2.82. The van der Waals surface area contributed by atoms with E-state index in [0.717, 1.165) is 16.4 Å². The number of methoxy groups -OCH3 is 2. The number of benzene rings is 1. The molecule has 2 aliphatic rings. The Morgan fingerprint density at radius 1 is 1.24 bits per heavy atom. The predicted octanol–water partition coefficient (Wildman–Crippen LogP) is 5.68. The van der Waals surface area contributed by atoms with E-state index in [2.05, 4.69) is 4.99 Å². The summed E-state index contributed by atoms with van der Waals surface area (Å²) in [6.45, 7) is 4.39. The van der Waals surface area contributed by atoms with Crippen LogP contribution in [-0.2, 0) is 30.5 Å². The van der Waals surface area contributed by atoms with Crippen LogP contribution < -0.4 is 0 Å². The van der Waals surface area contributed by atoms with Crippen molar-refractivity contribution in [3.63, 3.8) is 0 Å². The number of halogens is 5. The van der Waals surface area contributed by atoms with Crippen LogP contribution in [0.3, 0.4) is 0 Å². The molecule has 3 unspecified atom stereocenters. The summed E-state index contributed by atoms with van der Waals surface area (Å²) in [5.74, 6) is -2.57.